The molecule has 0 radical (unpaired) electrons. The van der Waals surface area contributed by atoms with Crippen molar-refractivity contribution in [2.24, 2.45) is 5.92 Å². The van der Waals surface area contributed by atoms with Crippen LogP contribution in [-0.4, -0.2) is 5.91 Å². The van der Waals surface area contributed by atoms with Gasteiger partial charge >= 0.3 is 0 Å². The standard InChI is InChI=1S/C14H20BrNO/c1-3-7-11(8-4-2)14(17)16-13-10-6-5-9-12(13)15/h5-6,9-11H,3-4,7-8H2,1-2H3,(H,16,17). The molecule has 0 aliphatic heterocycles. The van der Waals surface area contributed by atoms with E-state index in [0.717, 1.165) is 35.8 Å². The highest BCUT2D eigenvalue weighted by atomic mass is 79.9. The molecular formula is C14H20BrNO. The minimum Gasteiger partial charge on any atom is -0.325 e. The Morgan fingerprint density at radius 2 is 1.82 bits per heavy atom. The first kappa shape index (κ1) is 14.2. The van der Waals surface area contributed by atoms with Crippen molar-refractivity contribution in [2.45, 2.75) is 39.5 Å². The van der Waals surface area contributed by atoms with Crippen LogP contribution in [0.5, 0.6) is 0 Å². The second-order valence-corrected chi connectivity index (χ2v) is 5.10. The Labute approximate surface area is 112 Å². The molecule has 0 aromatic heterocycles. The van der Waals surface area contributed by atoms with Crippen LogP contribution in [0.15, 0.2) is 28.7 Å². The summed E-state index contributed by atoms with van der Waals surface area (Å²) in [6.07, 6.45) is 4.02. The van der Waals surface area contributed by atoms with E-state index >= 15 is 0 Å². The van der Waals surface area contributed by atoms with Gasteiger partial charge in [-0.2, -0.15) is 0 Å². The van der Waals surface area contributed by atoms with Crippen molar-refractivity contribution in [1.82, 2.24) is 0 Å². The molecule has 1 aromatic carbocycles. The van der Waals surface area contributed by atoms with E-state index in [0.29, 0.717) is 0 Å². The summed E-state index contributed by atoms with van der Waals surface area (Å²) in [6, 6.07) is 7.71. The van der Waals surface area contributed by atoms with Gasteiger partial charge in [0.15, 0.2) is 0 Å². The van der Waals surface area contributed by atoms with E-state index < -0.39 is 0 Å². The molecule has 0 saturated heterocycles. The lowest BCUT2D eigenvalue weighted by Gasteiger charge is -2.15. The van der Waals surface area contributed by atoms with Crippen molar-refractivity contribution in [3.63, 3.8) is 0 Å². The van der Waals surface area contributed by atoms with Crippen LogP contribution in [0.3, 0.4) is 0 Å². The number of rotatable bonds is 6. The third-order valence-corrected chi connectivity index (χ3v) is 3.47. The highest BCUT2D eigenvalue weighted by molar-refractivity contribution is 9.10. The Morgan fingerprint density at radius 3 is 2.35 bits per heavy atom. The quantitative estimate of drug-likeness (QED) is 0.816. The lowest BCUT2D eigenvalue weighted by atomic mass is 9.97. The molecule has 17 heavy (non-hydrogen) atoms. The number of benzene rings is 1. The average Bonchev–Trinajstić information content (AvgIpc) is 2.32. The van der Waals surface area contributed by atoms with E-state index in [1.54, 1.807) is 0 Å². The van der Waals surface area contributed by atoms with Crippen molar-refractivity contribution in [1.29, 1.82) is 0 Å². The van der Waals surface area contributed by atoms with Gasteiger partial charge in [-0.05, 0) is 40.9 Å². The number of halogens is 1. The maximum absolute atomic E-state index is 12.1. The Morgan fingerprint density at radius 1 is 1.24 bits per heavy atom. The number of nitrogens with one attached hydrogen (secondary N) is 1. The van der Waals surface area contributed by atoms with Gasteiger partial charge in [-0.25, -0.2) is 0 Å². The summed E-state index contributed by atoms with van der Waals surface area (Å²) in [5, 5.41) is 2.99. The lowest BCUT2D eigenvalue weighted by molar-refractivity contribution is -0.120. The molecule has 0 unspecified atom stereocenters. The molecule has 0 heterocycles. The third kappa shape index (κ3) is 4.50. The minimum atomic E-state index is 0.136. The van der Waals surface area contributed by atoms with Gasteiger partial charge in [0, 0.05) is 10.4 Å². The van der Waals surface area contributed by atoms with Crippen LogP contribution in [0.1, 0.15) is 39.5 Å². The second kappa shape index (κ2) is 7.49. The highest BCUT2D eigenvalue weighted by Gasteiger charge is 2.17. The zero-order valence-electron chi connectivity index (χ0n) is 10.5. The number of anilines is 1. The van der Waals surface area contributed by atoms with Crippen molar-refractivity contribution in [3.8, 4) is 0 Å². The summed E-state index contributed by atoms with van der Waals surface area (Å²) in [5.74, 6) is 0.276. The number of para-hydroxylation sites is 1. The fourth-order valence-corrected chi connectivity index (χ4v) is 2.28. The Hall–Kier alpha value is -0.830. The molecule has 0 saturated carbocycles. The van der Waals surface area contributed by atoms with Crippen LogP contribution in [0.25, 0.3) is 0 Å². The predicted molar refractivity (Wildman–Crippen MR) is 76.1 cm³/mol. The Balaban J connectivity index is 2.66. The predicted octanol–water partition coefficient (Wildman–Crippen LogP) is 4.60. The third-order valence-electron chi connectivity index (χ3n) is 2.78. The molecule has 0 atom stereocenters. The Bertz CT molecular complexity index is 359. The molecule has 1 amide bonds. The van der Waals surface area contributed by atoms with Crippen LogP contribution in [0, 0.1) is 5.92 Å². The molecule has 2 nitrogen and oxygen atoms in total. The van der Waals surface area contributed by atoms with Gasteiger partial charge in [0.1, 0.15) is 0 Å². The maximum Gasteiger partial charge on any atom is 0.227 e. The first-order valence-electron chi connectivity index (χ1n) is 6.24. The number of carbonyl (C=O) groups is 1. The minimum absolute atomic E-state index is 0.136. The van der Waals surface area contributed by atoms with Gasteiger partial charge in [-0.15, -0.1) is 0 Å². The molecule has 94 valence electrons. The van der Waals surface area contributed by atoms with Crippen LogP contribution in [0.4, 0.5) is 5.69 Å². The first-order valence-corrected chi connectivity index (χ1v) is 7.03. The normalized spacial score (nSPS) is 10.6. The van der Waals surface area contributed by atoms with Crippen LogP contribution in [-0.2, 0) is 4.79 Å². The smallest absolute Gasteiger partial charge is 0.227 e. The number of hydrogen-bond acceptors (Lipinski definition) is 1. The van der Waals surface area contributed by atoms with Crippen LogP contribution in [0.2, 0.25) is 0 Å². The van der Waals surface area contributed by atoms with E-state index in [2.05, 4.69) is 35.1 Å². The number of hydrogen-bond donors (Lipinski definition) is 1. The molecule has 1 aromatic rings. The molecule has 1 rings (SSSR count). The first-order chi connectivity index (χ1) is 8.19. The van der Waals surface area contributed by atoms with Crippen LogP contribution < -0.4 is 5.32 Å². The molecule has 3 heteroatoms. The summed E-state index contributed by atoms with van der Waals surface area (Å²) in [5.41, 5.74) is 0.856. The van der Waals surface area contributed by atoms with Gasteiger partial charge in [0.25, 0.3) is 0 Å². The summed E-state index contributed by atoms with van der Waals surface area (Å²) < 4.78 is 0.931. The summed E-state index contributed by atoms with van der Waals surface area (Å²) in [7, 11) is 0. The van der Waals surface area contributed by atoms with E-state index in [9.17, 15) is 4.79 Å². The van der Waals surface area contributed by atoms with Crippen molar-refractivity contribution in [3.05, 3.63) is 28.7 Å². The van der Waals surface area contributed by atoms with Crippen molar-refractivity contribution < 1.29 is 4.79 Å². The Kier molecular flexibility index (Phi) is 6.27. The zero-order valence-corrected chi connectivity index (χ0v) is 12.1. The molecular weight excluding hydrogens is 278 g/mol. The summed E-state index contributed by atoms with van der Waals surface area (Å²) in [4.78, 5) is 12.1. The molecule has 1 N–H and O–H groups in total. The molecule has 0 bridgehead atoms. The zero-order chi connectivity index (χ0) is 12.7. The number of carbonyl (C=O) groups excluding carboxylic acids is 1. The van der Waals surface area contributed by atoms with Crippen LogP contribution >= 0.6 is 15.9 Å². The molecule has 0 aliphatic rings. The molecule has 0 aliphatic carbocycles. The number of amides is 1. The average molecular weight is 298 g/mol. The second-order valence-electron chi connectivity index (χ2n) is 4.24. The van der Waals surface area contributed by atoms with Crippen molar-refractivity contribution >= 4 is 27.5 Å². The molecule has 0 spiro atoms. The fourth-order valence-electron chi connectivity index (χ4n) is 1.90. The highest BCUT2D eigenvalue weighted by Crippen LogP contribution is 2.23. The SMILES string of the molecule is CCCC(CCC)C(=O)Nc1ccccc1Br. The maximum atomic E-state index is 12.1. The van der Waals surface area contributed by atoms with Crippen molar-refractivity contribution in [2.75, 3.05) is 5.32 Å². The van der Waals surface area contributed by atoms with E-state index in [4.69, 9.17) is 0 Å². The largest absolute Gasteiger partial charge is 0.325 e. The van der Waals surface area contributed by atoms with Gasteiger partial charge in [-0.3, -0.25) is 4.79 Å². The fraction of sp³-hybridized carbons (Fsp3) is 0.500. The van der Waals surface area contributed by atoms with Gasteiger partial charge in [-0.1, -0.05) is 38.8 Å². The van der Waals surface area contributed by atoms with Gasteiger partial charge in [0.2, 0.25) is 5.91 Å². The van der Waals surface area contributed by atoms with Gasteiger partial charge in [0.05, 0.1) is 5.69 Å². The topological polar surface area (TPSA) is 29.1 Å². The monoisotopic (exact) mass is 297 g/mol. The van der Waals surface area contributed by atoms with E-state index in [1.807, 2.05) is 24.3 Å². The summed E-state index contributed by atoms with van der Waals surface area (Å²) >= 11 is 3.44. The van der Waals surface area contributed by atoms with E-state index in [-0.39, 0.29) is 11.8 Å². The lowest BCUT2D eigenvalue weighted by Crippen LogP contribution is -2.22. The molecule has 0 fully saturated rings. The van der Waals surface area contributed by atoms with Gasteiger partial charge < -0.3 is 5.32 Å². The summed E-state index contributed by atoms with van der Waals surface area (Å²) in [6.45, 7) is 4.24. The van der Waals surface area contributed by atoms with E-state index in [1.165, 1.54) is 0 Å².